The van der Waals surface area contributed by atoms with Gasteiger partial charge in [-0.2, -0.15) is 0 Å². The average molecular weight is 427 g/mol. The Morgan fingerprint density at radius 1 is 1.10 bits per heavy atom. The van der Waals surface area contributed by atoms with Crippen molar-refractivity contribution in [2.45, 2.75) is 25.0 Å². The Hall–Kier alpha value is -3.46. The molecule has 1 aliphatic carbocycles. The van der Waals surface area contributed by atoms with Gasteiger partial charge in [-0.1, -0.05) is 6.07 Å². The first-order valence-corrected chi connectivity index (χ1v) is 9.99. The minimum Gasteiger partial charge on any atom is -0.465 e. The van der Waals surface area contributed by atoms with E-state index >= 15 is 0 Å². The molecule has 0 bridgehead atoms. The van der Waals surface area contributed by atoms with E-state index in [1.165, 1.54) is 29.2 Å². The molecule has 0 unspecified atom stereocenters. The number of aliphatic hydroxyl groups is 1. The zero-order chi connectivity index (χ0) is 22.1. The predicted molar refractivity (Wildman–Crippen MR) is 109 cm³/mol. The van der Waals surface area contributed by atoms with Crippen LogP contribution in [0, 0.1) is 5.82 Å². The first-order valence-electron chi connectivity index (χ1n) is 9.99. The second-order valence-electron chi connectivity index (χ2n) is 7.70. The quantitative estimate of drug-likeness (QED) is 0.693. The molecule has 8 nitrogen and oxygen atoms in total. The first-order chi connectivity index (χ1) is 14.8. The molecule has 4 rings (SSSR count). The zero-order valence-electron chi connectivity index (χ0n) is 16.6. The third-order valence-electron chi connectivity index (χ3n) is 5.75. The summed E-state index contributed by atoms with van der Waals surface area (Å²) in [5, 5.41) is 22.5. The summed E-state index contributed by atoms with van der Waals surface area (Å²) in [7, 11) is 0. The monoisotopic (exact) mass is 427 g/mol. The van der Waals surface area contributed by atoms with Crippen molar-refractivity contribution >= 4 is 23.6 Å². The van der Waals surface area contributed by atoms with Gasteiger partial charge in [0, 0.05) is 24.3 Å². The van der Waals surface area contributed by atoms with Crippen LogP contribution in [0.5, 0.6) is 0 Å². The molecule has 3 amide bonds. The van der Waals surface area contributed by atoms with Gasteiger partial charge in [0.05, 0.1) is 12.1 Å². The SMILES string of the molecule is O=C(N[C@H]1c2cc(N3CCN(C(=O)O)CC3=O)ccc2CC[C@@H]1O)c1ccc(F)cc1. The number of anilines is 1. The molecule has 0 aromatic heterocycles. The fraction of sp³-hybridized carbons (Fsp3) is 0.318. The summed E-state index contributed by atoms with van der Waals surface area (Å²) in [5.74, 6) is -1.22. The Labute approximate surface area is 177 Å². The summed E-state index contributed by atoms with van der Waals surface area (Å²) in [6, 6.07) is 9.88. The third-order valence-corrected chi connectivity index (χ3v) is 5.75. The molecule has 9 heteroatoms. The van der Waals surface area contributed by atoms with Gasteiger partial charge in [-0.3, -0.25) is 14.5 Å². The highest BCUT2D eigenvalue weighted by atomic mass is 19.1. The number of fused-ring (bicyclic) bond motifs is 1. The number of piperazine rings is 1. The second kappa shape index (κ2) is 8.35. The van der Waals surface area contributed by atoms with E-state index < -0.39 is 30.0 Å². The number of nitrogens with one attached hydrogen (secondary N) is 1. The standard InChI is InChI=1S/C22H22FN3O5/c23-15-5-1-14(2-6-15)21(29)24-20-17-11-16(7-3-13(17)4-8-18(20)27)26-10-9-25(22(30)31)12-19(26)28/h1-3,5-7,11,18,20,27H,4,8-10,12H2,(H,24,29)(H,30,31)/t18-,20-/m0/s1. The van der Waals surface area contributed by atoms with E-state index in [2.05, 4.69) is 5.32 Å². The number of nitrogens with zero attached hydrogens (tertiary/aromatic N) is 2. The molecule has 1 fully saturated rings. The number of carbonyl (C=O) groups excluding carboxylic acids is 2. The van der Waals surface area contributed by atoms with E-state index in [1.54, 1.807) is 12.1 Å². The zero-order valence-corrected chi connectivity index (χ0v) is 16.6. The Morgan fingerprint density at radius 3 is 2.52 bits per heavy atom. The Bertz CT molecular complexity index is 1030. The highest BCUT2D eigenvalue weighted by Crippen LogP contribution is 2.34. The summed E-state index contributed by atoms with van der Waals surface area (Å²) < 4.78 is 13.1. The topological polar surface area (TPSA) is 110 Å². The van der Waals surface area contributed by atoms with Crippen molar-refractivity contribution in [1.82, 2.24) is 10.2 Å². The third kappa shape index (κ3) is 4.22. The molecule has 162 valence electrons. The maximum atomic E-state index is 13.1. The van der Waals surface area contributed by atoms with Crippen LogP contribution in [-0.2, 0) is 11.2 Å². The van der Waals surface area contributed by atoms with Crippen LogP contribution in [0.25, 0.3) is 0 Å². The lowest BCUT2D eigenvalue weighted by molar-refractivity contribution is -0.120. The maximum absolute atomic E-state index is 13.1. The summed E-state index contributed by atoms with van der Waals surface area (Å²) >= 11 is 0. The van der Waals surface area contributed by atoms with Crippen molar-refractivity contribution in [3.63, 3.8) is 0 Å². The number of rotatable bonds is 3. The Balaban J connectivity index is 1.58. The van der Waals surface area contributed by atoms with Gasteiger partial charge >= 0.3 is 6.09 Å². The Kier molecular flexibility index (Phi) is 5.60. The van der Waals surface area contributed by atoms with Crippen LogP contribution >= 0.6 is 0 Å². The van der Waals surface area contributed by atoms with Gasteiger partial charge in [0.25, 0.3) is 5.91 Å². The minimum atomic E-state index is -1.13. The number of benzene rings is 2. The normalized spacial score (nSPS) is 20.9. The molecular formula is C22H22FN3O5. The summed E-state index contributed by atoms with van der Waals surface area (Å²) in [6.07, 6.45) is -0.853. The van der Waals surface area contributed by atoms with Crippen molar-refractivity contribution < 1.29 is 29.0 Å². The molecular weight excluding hydrogens is 405 g/mol. The van der Waals surface area contributed by atoms with Gasteiger partial charge in [-0.05, 0) is 60.4 Å². The smallest absolute Gasteiger partial charge is 0.407 e. The van der Waals surface area contributed by atoms with Crippen LogP contribution in [0.2, 0.25) is 0 Å². The van der Waals surface area contributed by atoms with E-state index in [-0.39, 0.29) is 31.1 Å². The van der Waals surface area contributed by atoms with Gasteiger partial charge in [-0.15, -0.1) is 0 Å². The van der Waals surface area contributed by atoms with E-state index in [1.807, 2.05) is 6.07 Å². The van der Waals surface area contributed by atoms with Crippen molar-refractivity contribution in [3.8, 4) is 0 Å². The predicted octanol–water partition coefficient (Wildman–Crippen LogP) is 1.93. The maximum Gasteiger partial charge on any atom is 0.407 e. The number of carboxylic acid groups (broad SMARTS) is 1. The number of amides is 3. The highest BCUT2D eigenvalue weighted by Gasteiger charge is 2.32. The van der Waals surface area contributed by atoms with Crippen LogP contribution < -0.4 is 10.2 Å². The number of halogens is 1. The van der Waals surface area contributed by atoms with Gasteiger partial charge in [-0.25, -0.2) is 9.18 Å². The van der Waals surface area contributed by atoms with Gasteiger partial charge in [0.1, 0.15) is 12.4 Å². The van der Waals surface area contributed by atoms with Gasteiger partial charge in [0.15, 0.2) is 0 Å². The lowest BCUT2D eigenvalue weighted by Gasteiger charge is -2.35. The number of carbonyl (C=O) groups is 3. The lowest BCUT2D eigenvalue weighted by Crippen LogP contribution is -2.52. The Morgan fingerprint density at radius 2 is 1.84 bits per heavy atom. The largest absolute Gasteiger partial charge is 0.465 e. The number of hydrogen-bond donors (Lipinski definition) is 3. The molecule has 1 saturated heterocycles. The molecule has 2 aliphatic rings. The van der Waals surface area contributed by atoms with E-state index in [0.29, 0.717) is 24.1 Å². The van der Waals surface area contributed by atoms with Gasteiger partial charge in [0.2, 0.25) is 5.91 Å². The van der Waals surface area contributed by atoms with Crippen LogP contribution in [0.4, 0.5) is 14.9 Å². The van der Waals surface area contributed by atoms with E-state index in [0.717, 1.165) is 10.5 Å². The minimum absolute atomic E-state index is 0.200. The van der Waals surface area contributed by atoms with Crippen LogP contribution in [0.15, 0.2) is 42.5 Å². The molecule has 0 radical (unpaired) electrons. The van der Waals surface area contributed by atoms with Crippen LogP contribution in [0.3, 0.4) is 0 Å². The summed E-state index contributed by atoms with van der Waals surface area (Å²) in [6.45, 7) is 0.199. The van der Waals surface area contributed by atoms with Crippen LogP contribution in [-0.4, -0.2) is 58.8 Å². The molecule has 31 heavy (non-hydrogen) atoms. The number of aliphatic hydroxyl groups excluding tert-OH is 1. The first kappa shape index (κ1) is 20.8. The molecule has 2 atom stereocenters. The van der Waals surface area contributed by atoms with Crippen molar-refractivity contribution in [2.24, 2.45) is 0 Å². The molecule has 1 aliphatic heterocycles. The molecule has 3 N–H and O–H groups in total. The van der Waals surface area contributed by atoms with Crippen molar-refractivity contribution in [1.29, 1.82) is 0 Å². The fourth-order valence-electron chi connectivity index (χ4n) is 4.05. The lowest BCUT2D eigenvalue weighted by atomic mass is 9.85. The number of hydrogen-bond acceptors (Lipinski definition) is 4. The molecule has 0 saturated carbocycles. The molecule has 2 aromatic carbocycles. The van der Waals surface area contributed by atoms with E-state index in [4.69, 9.17) is 5.11 Å². The molecule has 1 heterocycles. The number of aryl methyl sites for hydroxylation is 1. The van der Waals surface area contributed by atoms with Crippen LogP contribution in [0.1, 0.15) is 33.9 Å². The van der Waals surface area contributed by atoms with E-state index in [9.17, 15) is 23.9 Å². The average Bonchev–Trinajstić information content (AvgIpc) is 2.75. The molecule has 0 spiro atoms. The van der Waals surface area contributed by atoms with Crippen molar-refractivity contribution in [2.75, 3.05) is 24.5 Å². The highest BCUT2D eigenvalue weighted by molar-refractivity contribution is 5.97. The second-order valence-corrected chi connectivity index (χ2v) is 7.70. The summed E-state index contributed by atoms with van der Waals surface area (Å²) in [5.41, 5.74) is 2.52. The van der Waals surface area contributed by atoms with Crippen molar-refractivity contribution in [3.05, 3.63) is 65.0 Å². The molecule has 2 aromatic rings. The summed E-state index contributed by atoms with van der Waals surface area (Å²) in [4.78, 5) is 38.8. The van der Waals surface area contributed by atoms with Gasteiger partial charge < -0.3 is 20.4 Å². The fourth-order valence-corrected chi connectivity index (χ4v) is 4.05.